The third-order valence-electron chi connectivity index (χ3n) is 10.4. The van der Waals surface area contributed by atoms with Gasteiger partial charge >= 0.3 is 0 Å². The Kier molecular flexibility index (Phi) is 9.03. The normalized spacial score (nSPS) is 32.3. The van der Waals surface area contributed by atoms with Crippen molar-refractivity contribution < 1.29 is 27.4 Å². The summed E-state index contributed by atoms with van der Waals surface area (Å²) in [5, 5.41) is 0.707. The summed E-state index contributed by atoms with van der Waals surface area (Å²) in [5.74, 6) is 0.00130. The summed E-state index contributed by atoms with van der Waals surface area (Å²) in [7, 11) is -0.868. The topological polar surface area (TPSA) is 94.2 Å². The van der Waals surface area contributed by atoms with Gasteiger partial charge in [0, 0.05) is 37.7 Å². The predicted molar refractivity (Wildman–Crippen MR) is 171 cm³/mol. The van der Waals surface area contributed by atoms with E-state index in [1.807, 2.05) is 13.0 Å². The second kappa shape index (κ2) is 12.7. The molecule has 2 aromatic carbocycles. The number of methoxy groups -OCH3 is 2. The molecule has 4 aliphatic rings. The van der Waals surface area contributed by atoms with Crippen LogP contribution in [0.1, 0.15) is 50.2 Å². The van der Waals surface area contributed by atoms with Crippen LogP contribution in [0, 0.1) is 23.7 Å². The minimum atomic E-state index is -4.15. The molecule has 6 rings (SSSR count). The summed E-state index contributed by atoms with van der Waals surface area (Å²) in [6, 6.07) is 11.1. The predicted octanol–water partition coefficient (Wildman–Crippen LogP) is 5.52. The Morgan fingerprint density at radius 2 is 2.00 bits per heavy atom. The van der Waals surface area contributed by atoms with Gasteiger partial charge in [0.05, 0.1) is 35.8 Å². The molecular formula is C34H43ClN2O6S. The van der Waals surface area contributed by atoms with E-state index >= 15 is 0 Å². The Balaban J connectivity index is 1.44. The van der Waals surface area contributed by atoms with Crippen molar-refractivity contribution in [2.45, 2.75) is 61.9 Å². The average molecular weight is 643 g/mol. The van der Waals surface area contributed by atoms with Crippen LogP contribution < -0.4 is 14.4 Å². The maximum atomic E-state index is 13.7. The van der Waals surface area contributed by atoms with Gasteiger partial charge in [-0.2, -0.15) is 0 Å². The maximum absolute atomic E-state index is 13.7. The summed E-state index contributed by atoms with van der Waals surface area (Å²) < 4.78 is 47.6. The van der Waals surface area contributed by atoms with Crippen LogP contribution in [0.2, 0.25) is 5.02 Å². The highest BCUT2D eigenvalue weighted by molar-refractivity contribution is 7.90. The number of rotatable bonds is 3. The van der Waals surface area contributed by atoms with E-state index in [4.69, 9.17) is 25.8 Å². The monoisotopic (exact) mass is 642 g/mol. The maximum Gasteiger partial charge on any atom is 0.264 e. The van der Waals surface area contributed by atoms with Gasteiger partial charge in [-0.05, 0) is 97.7 Å². The molecule has 8 nitrogen and oxygen atoms in total. The molecular weight excluding hydrogens is 600 g/mol. The van der Waals surface area contributed by atoms with E-state index in [9.17, 15) is 13.2 Å². The molecule has 6 atom stereocenters. The van der Waals surface area contributed by atoms with E-state index in [0.29, 0.717) is 42.2 Å². The molecule has 2 aliphatic heterocycles. The first-order valence-corrected chi connectivity index (χ1v) is 17.6. The third-order valence-corrected chi connectivity index (χ3v) is 12.0. The van der Waals surface area contributed by atoms with Crippen molar-refractivity contribution in [3.63, 3.8) is 0 Å². The number of halogens is 1. The van der Waals surface area contributed by atoms with Crippen molar-refractivity contribution in [2.24, 2.45) is 23.7 Å². The van der Waals surface area contributed by atoms with Crippen molar-refractivity contribution in [3.05, 3.63) is 64.7 Å². The fourth-order valence-electron chi connectivity index (χ4n) is 7.70. The second-order valence-electron chi connectivity index (χ2n) is 13.1. The zero-order chi connectivity index (χ0) is 31.1. The van der Waals surface area contributed by atoms with E-state index in [1.165, 1.54) is 24.3 Å². The lowest BCUT2D eigenvalue weighted by molar-refractivity contribution is -0.126. The number of anilines is 1. The lowest BCUT2D eigenvalue weighted by atomic mass is 9.68. The van der Waals surface area contributed by atoms with E-state index in [1.54, 1.807) is 19.2 Å². The van der Waals surface area contributed by atoms with Crippen LogP contribution in [0.25, 0.3) is 0 Å². The molecule has 2 aliphatic carbocycles. The summed E-state index contributed by atoms with van der Waals surface area (Å²) in [6.07, 6.45) is 9.87. The third kappa shape index (κ3) is 6.00. The van der Waals surface area contributed by atoms with Crippen LogP contribution in [0.5, 0.6) is 5.75 Å². The lowest BCUT2D eigenvalue weighted by Gasteiger charge is -2.46. The molecule has 238 valence electrons. The number of hydrogen-bond donors (Lipinski definition) is 1. The first kappa shape index (κ1) is 31.4. The number of aryl methyl sites for hydroxylation is 1. The standard InChI is InChI=1S/C34H43ClN2O6S/c1-22-6-4-8-31(42-3)27-13-10-24(27)18-37-20-34(15-5-7-23-9-11-25(35)16-29(23)34)21-43-32-14-12-26(17-30(32)37)44(39,40)36-33(38)28(22)19-41-2/h4,8-9,11-12,14,16-17,22,24,27-28,31H,5-7,10,13,15,18-21H2,1-3H3,(H,36,38)/b8-4+/t22-,24-,27+,28+,31-,34-/m0/s1. The molecule has 1 fully saturated rings. The van der Waals surface area contributed by atoms with Gasteiger partial charge in [-0.1, -0.05) is 36.7 Å². The van der Waals surface area contributed by atoms with Gasteiger partial charge in [-0.15, -0.1) is 0 Å². The summed E-state index contributed by atoms with van der Waals surface area (Å²) >= 11 is 6.55. The smallest absolute Gasteiger partial charge is 0.264 e. The molecule has 0 unspecified atom stereocenters. The first-order chi connectivity index (χ1) is 21.1. The Morgan fingerprint density at radius 3 is 2.75 bits per heavy atom. The van der Waals surface area contributed by atoms with Gasteiger partial charge in [0.25, 0.3) is 10.0 Å². The van der Waals surface area contributed by atoms with Gasteiger partial charge in [-0.3, -0.25) is 4.79 Å². The van der Waals surface area contributed by atoms with E-state index < -0.39 is 21.8 Å². The minimum Gasteiger partial charge on any atom is -0.490 e. The molecule has 2 aromatic rings. The van der Waals surface area contributed by atoms with Crippen LogP contribution in [0.3, 0.4) is 0 Å². The van der Waals surface area contributed by atoms with Crippen LogP contribution in [-0.4, -0.2) is 61.0 Å². The van der Waals surface area contributed by atoms with Crippen LogP contribution >= 0.6 is 11.6 Å². The quantitative estimate of drug-likeness (QED) is 0.441. The zero-order valence-electron chi connectivity index (χ0n) is 25.8. The number of hydrogen-bond acceptors (Lipinski definition) is 7. The molecule has 2 heterocycles. The second-order valence-corrected chi connectivity index (χ2v) is 15.2. The van der Waals surface area contributed by atoms with Crippen LogP contribution in [-0.2, 0) is 36.1 Å². The summed E-state index contributed by atoms with van der Waals surface area (Å²) in [6.45, 7) is 3.96. The fraction of sp³-hybridized carbons (Fsp3) is 0.559. The van der Waals surface area contributed by atoms with E-state index in [-0.39, 0.29) is 28.9 Å². The number of fused-ring (bicyclic) bond motifs is 4. The van der Waals surface area contributed by atoms with Crippen molar-refractivity contribution in [2.75, 3.05) is 45.4 Å². The summed E-state index contributed by atoms with van der Waals surface area (Å²) in [5.41, 5.74) is 2.95. The van der Waals surface area contributed by atoms with Gasteiger partial charge in [0.1, 0.15) is 5.75 Å². The number of nitrogens with zero attached hydrogens (tertiary/aromatic N) is 1. The zero-order valence-corrected chi connectivity index (χ0v) is 27.3. The highest BCUT2D eigenvalue weighted by atomic mass is 35.5. The number of benzene rings is 2. The highest BCUT2D eigenvalue weighted by Gasteiger charge is 2.44. The van der Waals surface area contributed by atoms with Gasteiger partial charge in [0.15, 0.2) is 0 Å². The molecule has 1 spiro atoms. The number of sulfonamides is 1. The molecule has 2 bridgehead atoms. The molecule has 0 radical (unpaired) electrons. The number of carbonyl (C=O) groups excluding carboxylic acids is 1. The lowest BCUT2D eigenvalue weighted by Crippen LogP contribution is -2.49. The molecule has 1 N–H and O–H groups in total. The Bertz CT molecular complexity index is 1530. The first-order valence-electron chi connectivity index (χ1n) is 15.7. The summed E-state index contributed by atoms with van der Waals surface area (Å²) in [4.78, 5) is 15.7. The number of nitrogens with one attached hydrogen (secondary N) is 1. The Labute approximate surface area is 266 Å². The van der Waals surface area contributed by atoms with Gasteiger partial charge < -0.3 is 19.1 Å². The average Bonchev–Trinajstić information content (AvgIpc) is 3.14. The Morgan fingerprint density at radius 1 is 1.16 bits per heavy atom. The molecule has 1 saturated carbocycles. The molecule has 0 saturated heterocycles. The fourth-order valence-corrected chi connectivity index (χ4v) is 8.92. The van der Waals surface area contributed by atoms with Gasteiger partial charge in [-0.25, -0.2) is 13.1 Å². The van der Waals surface area contributed by atoms with Crippen molar-refractivity contribution in [3.8, 4) is 5.75 Å². The van der Waals surface area contributed by atoms with Crippen molar-refractivity contribution >= 4 is 33.2 Å². The van der Waals surface area contributed by atoms with E-state index in [0.717, 1.165) is 44.3 Å². The molecule has 44 heavy (non-hydrogen) atoms. The number of allylic oxidation sites excluding steroid dienone is 1. The largest absolute Gasteiger partial charge is 0.490 e. The molecule has 10 heteroatoms. The minimum absolute atomic E-state index is 0.0389. The SMILES string of the molecule is COC[C@H]1C(=O)NS(=O)(=O)c2ccc3c(c2)N(C[C@@H]2CC[C@H]2[C@@H](OC)/C=C/C[C@@H]1C)C[C@@]1(CCCc2ccc(Cl)cc21)CO3. The molecule has 1 amide bonds. The van der Waals surface area contributed by atoms with Crippen LogP contribution in [0.4, 0.5) is 5.69 Å². The highest BCUT2D eigenvalue weighted by Crippen LogP contribution is 2.47. The van der Waals surface area contributed by atoms with Crippen molar-refractivity contribution in [1.29, 1.82) is 0 Å². The van der Waals surface area contributed by atoms with Crippen LogP contribution in [0.15, 0.2) is 53.4 Å². The van der Waals surface area contributed by atoms with Gasteiger partial charge in [0.2, 0.25) is 5.91 Å². The van der Waals surface area contributed by atoms with Crippen molar-refractivity contribution in [1.82, 2.24) is 4.72 Å². The molecule has 0 aromatic heterocycles. The number of carbonyl (C=O) groups is 1. The van der Waals surface area contributed by atoms with E-state index in [2.05, 4.69) is 33.9 Å². The number of ether oxygens (including phenoxy) is 3. The Hall–Kier alpha value is -2.59. The number of amides is 1.